The van der Waals surface area contributed by atoms with E-state index in [2.05, 4.69) is 41.2 Å². The normalized spacial score (nSPS) is 10.6. The maximum absolute atomic E-state index is 12.5. The molecule has 0 fully saturated rings. The highest BCUT2D eigenvalue weighted by atomic mass is 16.5. The summed E-state index contributed by atoms with van der Waals surface area (Å²) in [5, 5.41) is 2.85. The summed E-state index contributed by atoms with van der Waals surface area (Å²) in [6, 6.07) is 21.6. The van der Waals surface area contributed by atoms with Gasteiger partial charge in [-0.3, -0.25) is 4.79 Å². The SMILES string of the molecule is COc1cccc(NC(=O)c2ccc(N(Cc3ccccc3)C(C)C)cn2)c1. The van der Waals surface area contributed by atoms with Crippen molar-refractivity contribution < 1.29 is 9.53 Å². The number of ether oxygens (including phenoxy) is 1. The molecule has 5 nitrogen and oxygen atoms in total. The van der Waals surface area contributed by atoms with Crippen LogP contribution in [-0.4, -0.2) is 24.0 Å². The van der Waals surface area contributed by atoms with E-state index in [1.807, 2.05) is 42.5 Å². The minimum absolute atomic E-state index is 0.251. The minimum Gasteiger partial charge on any atom is -0.497 e. The Morgan fingerprint density at radius 3 is 2.50 bits per heavy atom. The Morgan fingerprint density at radius 1 is 1.07 bits per heavy atom. The number of benzene rings is 2. The molecule has 2 aromatic carbocycles. The summed E-state index contributed by atoms with van der Waals surface area (Å²) in [6.45, 7) is 5.08. The zero-order chi connectivity index (χ0) is 19.9. The molecule has 1 N–H and O–H groups in total. The fraction of sp³-hybridized carbons (Fsp3) is 0.217. The molecule has 0 saturated heterocycles. The lowest BCUT2D eigenvalue weighted by Gasteiger charge is -2.29. The van der Waals surface area contributed by atoms with Gasteiger partial charge in [0.1, 0.15) is 11.4 Å². The standard InChI is InChI=1S/C23H25N3O2/c1-17(2)26(16-18-8-5-4-6-9-18)20-12-13-22(24-15-20)23(27)25-19-10-7-11-21(14-19)28-3/h4-15,17H,16H2,1-3H3,(H,25,27). The summed E-state index contributed by atoms with van der Waals surface area (Å²) in [7, 11) is 1.59. The third kappa shape index (κ3) is 4.88. The number of aromatic nitrogens is 1. The number of rotatable bonds is 7. The van der Waals surface area contributed by atoms with Gasteiger partial charge in [-0.2, -0.15) is 0 Å². The molecule has 0 aliphatic rings. The third-order valence-corrected chi connectivity index (χ3v) is 4.46. The lowest BCUT2D eigenvalue weighted by molar-refractivity contribution is 0.102. The second-order valence-corrected chi connectivity index (χ2v) is 6.79. The molecule has 144 valence electrons. The van der Waals surface area contributed by atoms with Crippen LogP contribution in [0, 0.1) is 0 Å². The van der Waals surface area contributed by atoms with E-state index in [9.17, 15) is 4.79 Å². The van der Waals surface area contributed by atoms with E-state index in [-0.39, 0.29) is 5.91 Å². The van der Waals surface area contributed by atoms with Gasteiger partial charge in [0.25, 0.3) is 5.91 Å². The highest BCUT2D eigenvalue weighted by Crippen LogP contribution is 2.21. The first-order valence-corrected chi connectivity index (χ1v) is 9.29. The van der Waals surface area contributed by atoms with Gasteiger partial charge in [-0.25, -0.2) is 4.98 Å². The van der Waals surface area contributed by atoms with Crippen LogP contribution in [0.3, 0.4) is 0 Å². The number of nitrogens with one attached hydrogen (secondary N) is 1. The monoisotopic (exact) mass is 375 g/mol. The van der Waals surface area contributed by atoms with E-state index >= 15 is 0 Å². The van der Waals surface area contributed by atoms with Crippen molar-refractivity contribution in [3.8, 4) is 5.75 Å². The fourth-order valence-corrected chi connectivity index (χ4v) is 2.94. The fourth-order valence-electron chi connectivity index (χ4n) is 2.94. The second kappa shape index (κ2) is 9.04. The Kier molecular flexibility index (Phi) is 6.27. The van der Waals surface area contributed by atoms with E-state index in [0.29, 0.717) is 23.2 Å². The smallest absolute Gasteiger partial charge is 0.274 e. The molecular formula is C23H25N3O2. The van der Waals surface area contributed by atoms with Crippen LogP contribution in [0.5, 0.6) is 5.75 Å². The van der Waals surface area contributed by atoms with Gasteiger partial charge in [0.2, 0.25) is 0 Å². The first-order chi connectivity index (χ1) is 13.6. The molecule has 0 unspecified atom stereocenters. The molecule has 1 heterocycles. The van der Waals surface area contributed by atoms with Crippen LogP contribution in [0.4, 0.5) is 11.4 Å². The minimum atomic E-state index is -0.251. The predicted molar refractivity (Wildman–Crippen MR) is 113 cm³/mol. The largest absolute Gasteiger partial charge is 0.497 e. The van der Waals surface area contributed by atoms with Gasteiger partial charge in [-0.05, 0) is 43.7 Å². The van der Waals surface area contributed by atoms with Crippen molar-refractivity contribution in [1.82, 2.24) is 4.98 Å². The molecule has 1 aromatic heterocycles. The van der Waals surface area contributed by atoms with E-state index in [1.165, 1.54) is 5.56 Å². The van der Waals surface area contributed by atoms with E-state index in [4.69, 9.17) is 4.74 Å². The Hall–Kier alpha value is -3.34. The number of hydrogen-bond donors (Lipinski definition) is 1. The zero-order valence-corrected chi connectivity index (χ0v) is 16.4. The molecule has 0 saturated carbocycles. The molecule has 0 atom stereocenters. The summed E-state index contributed by atoms with van der Waals surface area (Å²) in [4.78, 5) is 19.1. The number of anilines is 2. The predicted octanol–water partition coefficient (Wildman–Crippen LogP) is 4.76. The summed E-state index contributed by atoms with van der Waals surface area (Å²) in [5.74, 6) is 0.438. The number of amides is 1. The van der Waals surface area contributed by atoms with Crippen molar-refractivity contribution in [1.29, 1.82) is 0 Å². The van der Waals surface area contributed by atoms with Gasteiger partial charge < -0.3 is 15.0 Å². The molecule has 0 bridgehead atoms. The van der Waals surface area contributed by atoms with Crippen molar-refractivity contribution in [3.63, 3.8) is 0 Å². The zero-order valence-electron chi connectivity index (χ0n) is 16.4. The Balaban J connectivity index is 1.72. The number of hydrogen-bond acceptors (Lipinski definition) is 4. The van der Waals surface area contributed by atoms with Crippen LogP contribution < -0.4 is 15.0 Å². The molecular weight excluding hydrogens is 350 g/mol. The first-order valence-electron chi connectivity index (χ1n) is 9.29. The molecule has 1 amide bonds. The van der Waals surface area contributed by atoms with Crippen molar-refractivity contribution >= 4 is 17.3 Å². The van der Waals surface area contributed by atoms with Crippen LogP contribution in [0.1, 0.15) is 29.9 Å². The van der Waals surface area contributed by atoms with Gasteiger partial charge in [0, 0.05) is 24.3 Å². The third-order valence-electron chi connectivity index (χ3n) is 4.46. The summed E-state index contributed by atoms with van der Waals surface area (Å²) in [5.41, 5.74) is 3.26. The van der Waals surface area contributed by atoms with Gasteiger partial charge in [-0.1, -0.05) is 36.4 Å². The average molecular weight is 375 g/mol. The molecule has 0 aliphatic carbocycles. The highest BCUT2D eigenvalue weighted by Gasteiger charge is 2.14. The van der Waals surface area contributed by atoms with Crippen molar-refractivity contribution in [2.75, 3.05) is 17.3 Å². The van der Waals surface area contributed by atoms with Crippen molar-refractivity contribution in [3.05, 3.63) is 84.2 Å². The highest BCUT2D eigenvalue weighted by molar-refractivity contribution is 6.03. The molecule has 3 aromatic rings. The van der Waals surface area contributed by atoms with Gasteiger partial charge in [0.15, 0.2) is 0 Å². The Labute approximate surface area is 166 Å². The van der Waals surface area contributed by atoms with Crippen LogP contribution >= 0.6 is 0 Å². The number of carbonyl (C=O) groups is 1. The number of carbonyl (C=O) groups excluding carboxylic acids is 1. The van der Waals surface area contributed by atoms with Crippen molar-refractivity contribution in [2.24, 2.45) is 0 Å². The van der Waals surface area contributed by atoms with E-state index in [1.54, 1.807) is 25.4 Å². The second-order valence-electron chi connectivity index (χ2n) is 6.79. The Morgan fingerprint density at radius 2 is 1.86 bits per heavy atom. The molecule has 28 heavy (non-hydrogen) atoms. The first kappa shape index (κ1) is 19.4. The van der Waals surface area contributed by atoms with E-state index < -0.39 is 0 Å². The quantitative estimate of drug-likeness (QED) is 0.647. The lowest BCUT2D eigenvalue weighted by atomic mass is 10.1. The molecule has 0 radical (unpaired) electrons. The van der Waals surface area contributed by atoms with Crippen LogP contribution in [-0.2, 0) is 6.54 Å². The van der Waals surface area contributed by atoms with Gasteiger partial charge in [-0.15, -0.1) is 0 Å². The van der Waals surface area contributed by atoms with Crippen LogP contribution in [0.2, 0.25) is 0 Å². The molecule has 3 rings (SSSR count). The summed E-state index contributed by atoms with van der Waals surface area (Å²) < 4.78 is 5.18. The maximum Gasteiger partial charge on any atom is 0.274 e. The van der Waals surface area contributed by atoms with Crippen LogP contribution in [0.15, 0.2) is 72.9 Å². The topological polar surface area (TPSA) is 54.5 Å². The summed E-state index contributed by atoms with van der Waals surface area (Å²) in [6.07, 6.45) is 1.75. The van der Waals surface area contributed by atoms with Crippen molar-refractivity contribution in [2.45, 2.75) is 26.4 Å². The number of pyridine rings is 1. The van der Waals surface area contributed by atoms with Crippen LogP contribution in [0.25, 0.3) is 0 Å². The summed E-state index contributed by atoms with van der Waals surface area (Å²) >= 11 is 0. The maximum atomic E-state index is 12.5. The van der Waals surface area contributed by atoms with E-state index in [0.717, 1.165) is 12.2 Å². The molecule has 0 spiro atoms. The van der Waals surface area contributed by atoms with Gasteiger partial charge in [0.05, 0.1) is 19.0 Å². The average Bonchev–Trinajstić information content (AvgIpc) is 2.73. The number of nitrogens with zero attached hydrogens (tertiary/aromatic N) is 2. The lowest BCUT2D eigenvalue weighted by Crippen LogP contribution is -2.30. The molecule has 5 heteroatoms. The number of methoxy groups -OCH3 is 1. The molecule has 0 aliphatic heterocycles. The Bertz CT molecular complexity index is 909. The van der Waals surface area contributed by atoms with Gasteiger partial charge >= 0.3 is 0 Å².